The number of aromatic nitrogens is 2. The van der Waals surface area contributed by atoms with Crippen LogP contribution in [0, 0.1) is 0 Å². The summed E-state index contributed by atoms with van der Waals surface area (Å²) in [5.74, 6) is 0. The molecule has 0 N–H and O–H groups in total. The third kappa shape index (κ3) is 3.45. The predicted molar refractivity (Wildman–Crippen MR) is 178 cm³/mol. The number of nitrogens with zero attached hydrogens (tertiary/aromatic N) is 2. The molecule has 42 heavy (non-hydrogen) atoms. The van der Waals surface area contributed by atoms with E-state index in [1.54, 1.807) is 0 Å². The first-order chi connectivity index (χ1) is 20.8. The molecule has 0 radical (unpaired) electrons. The van der Waals surface area contributed by atoms with E-state index in [9.17, 15) is 0 Å². The van der Waals surface area contributed by atoms with Crippen LogP contribution in [0.5, 0.6) is 0 Å². The molecule has 9 rings (SSSR count). The van der Waals surface area contributed by atoms with Gasteiger partial charge in [0.1, 0.15) is 0 Å². The molecular weight excluding hydrogens is 508 g/mol. The van der Waals surface area contributed by atoms with Crippen LogP contribution in [0.4, 0.5) is 0 Å². The van der Waals surface area contributed by atoms with Crippen molar-refractivity contribution < 1.29 is 0 Å². The molecule has 7 aromatic carbocycles. The quantitative estimate of drug-likeness (QED) is 0.200. The van der Waals surface area contributed by atoms with Crippen LogP contribution >= 0.6 is 0 Å². The maximum atomic E-state index is 2.42. The third-order valence-electron chi connectivity index (χ3n) is 8.68. The Bertz CT molecular complexity index is 2460. The first kappa shape index (κ1) is 23.1. The van der Waals surface area contributed by atoms with Gasteiger partial charge >= 0.3 is 0 Å². The van der Waals surface area contributed by atoms with Gasteiger partial charge in [0.05, 0.1) is 16.6 Å². The van der Waals surface area contributed by atoms with Crippen LogP contribution < -0.4 is 0 Å². The summed E-state index contributed by atoms with van der Waals surface area (Å²) in [6.45, 7) is 0. The van der Waals surface area contributed by atoms with Crippen LogP contribution in [0.1, 0.15) is 0 Å². The number of rotatable bonds is 3. The molecule has 2 heterocycles. The Hall–Kier alpha value is -5.60. The Kier molecular flexibility index (Phi) is 4.93. The number of hydrogen-bond donors (Lipinski definition) is 0. The largest absolute Gasteiger partial charge is 0.317 e. The molecule has 0 aliphatic rings. The molecule has 0 unspecified atom stereocenters. The van der Waals surface area contributed by atoms with Crippen LogP contribution in [0.3, 0.4) is 0 Å². The minimum absolute atomic E-state index is 1.17. The summed E-state index contributed by atoms with van der Waals surface area (Å²) in [4.78, 5) is 0. The first-order valence-electron chi connectivity index (χ1n) is 14.4. The van der Waals surface area contributed by atoms with E-state index in [2.05, 4.69) is 167 Å². The molecule has 0 fully saturated rings. The van der Waals surface area contributed by atoms with E-state index in [-0.39, 0.29) is 0 Å². The van der Waals surface area contributed by atoms with Gasteiger partial charge in [-0.1, -0.05) is 84.9 Å². The maximum absolute atomic E-state index is 2.42. The van der Waals surface area contributed by atoms with Crippen molar-refractivity contribution in [2.45, 2.75) is 0 Å². The second kappa shape index (κ2) is 8.95. The highest BCUT2D eigenvalue weighted by Gasteiger charge is 2.17. The van der Waals surface area contributed by atoms with Crippen LogP contribution in [0.2, 0.25) is 0 Å². The first-order valence-corrected chi connectivity index (χ1v) is 14.4. The van der Waals surface area contributed by atoms with Gasteiger partial charge in [-0.15, -0.1) is 0 Å². The maximum Gasteiger partial charge on any atom is 0.0548 e. The van der Waals surface area contributed by atoms with Crippen molar-refractivity contribution in [2.24, 2.45) is 0 Å². The summed E-state index contributed by atoms with van der Waals surface area (Å²) in [6, 6.07) is 55.1. The van der Waals surface area contributed by atoms with Crippen LogP contribution in [0.25, 0.3) is 76.8 Å². The van der Waals surface area contributed by atoms with Gasteiger partial charge in [0, 0.05) is 33.7 Å². The van der Waals surface area contributed by atoms with Gasteiger partial charge in [-0.2, -0.15) is 0 Å². The molecule has 0 aliphatic carbocycles. The topological polar surface area (TPSA) is 9.86 Å². The fourth-order valence-electron chi connectivity index (χ4n) is 6.72. The van der Waals surface area contributed by atoms with Crippen molar-refractivity contribution in [3.63, 3.8) is 0 Å². The Balaban J connectivity index is 1.24. The molecule has 2 heteroatoms. The summed E-state index contributed by atoms with van der Waals surface area (Å²) < 4.78 is 4.70. The van der Waals surface area contributed by atoms with Gasteiger partial charge in [0.25, 0.3) is 0 Å². The lowest BCUT2D eigenvalue weighted by atomic mass is 9.98. The molecule has 2 aromatic heterocycles. The minimum atomic E-state index is 1.17. The molecule has 0 saturated carbocycles. The zero-order valence-electron chi connectivity index (χ0n) is 22.9. The van der Waals surface area contributed by atoms with Crippen molar-refractivity contribution in [3.8, 4) is 22.5 Å². The van der Waals surface area contributed by atoms with Crippen LogP contribution in [-0.4, -0.2) is 9.13 Å². The fourth-order valence-corrected chi connectivity index (χ4v) is 6.72. The van der Waals surface area contributed by atoms with E-state index < -0.39 is 0 Å². The Labute approximate surface area is 243 Å². The van der Waals surface area contributed by atoms with Crippen molar-refractivity contribution in [1.29, 1.82) is 0 Å². The Morgan fingerprint density at radius 2 is 1.02 bits per heavy atom. The normalized spacial score (nSPS) is 11.8. The van der Waals surface area contributed by atoms with Gasteiger partial charge < -0.3 is 9.13 Å². The summed E-state index contributed by atoms with van der Waals surface area (Å²) in [5, 5.41) is 8.91. The highest BCUT2D eigenvalue weighted by Crippen LogP contribution is 2.38. The zero-order valence-corrected chi connectivity index (χ0v) is 22.9. The van der Waals surface area contributed by atoms with Crippen molar-refractivity contribution in [1.82, 2.24) is 9.13 Å². The number of benzene rings is 7. The molecule has 0 amide bonds. The monoisotopic (exact) mass is 534 g/mol. The Morgan fingerprint density at radius 1 is 0.357 bits per heavy atom. The molecule has 0 spiro atoms. The van der Waals surface area contributed by atoms with E-state index in [0.717, 1.165) is 0 Å². The average molecular weight is 535 g/mol. The molecular formula is C40H26N2. The average Bonchev–Trinajstić information content (AvgIpc) is 3.63. The lowest BCUT2D eigenvalue weighted by Gasteiger charge is -2.11. The van der Waals surface area contributed by atoms with Gasteiger partial charge in [-0.3, -0.25) is 0 Å². The zero-order chi connectivity index (χ0) is 27.6. The van der Waals surface area contributed by atoms with E-state index >= 15 is 0 Å². The van der Waals surface area contributed by atoms with Gasteiger partial charge in [0.15, 0.2) is 0 Å². The van der Waals surface area contributed by atoms with Crippen LogP contribution in [0.15, 0.2) is 158 Å². The summed E-state index contributed by atoms with van der Waals surface area (Å²) in [7, 11) is 0. The van der Waals surface area contributed by atoms with Crippen molar-refractivity contribution in [2.75, 3.05) is 0 Å². The number of para-hydroxylation sites is 2. The molecule has 2 nitrogen and oxygen atoms in total. The van der Waals surface area contributed by atoms with Gasteiger partial charge in [-0.05, 0) is 99.4 Å². The standard InChI is InChI=1S/C40H26N2/c1-2-12-33(13-3-1)41-22-21-36-37(41)19-20-39-40(36)35-15-6-7-16-38(35)42(39)34-14-8-11-29(26-34)30-17-18-31-23-27-9-4-5-10-28(27)24-32(31)25-30/h1-26H. The summed E-state index contributed by atoms with van der Waals surface area (Å²) in [6.07, 6.45) is 2.19. The molecule has 0 bridgehead atoms. The van der Waals surface area contributed by atoms with E-state index in [0.29, 0.717) is 0 Å². The van der Waals surface area contributed by atoms with E-state index in [4.69, 9.17) is 0 Å². The van der Waals surface area contributed by atoms with Gasteiger partial charge in [0.2, 0.25) is 0 Å². The second-order valence-electron chi connectivity index (χ2n) is 11.1. The molecule has 0 aliphatic heterocycles. The second-order valence-corrected chi connectivity index (χ2v) is 11.1. The third-order valence-corrected chi connectivity index (χ3v) is 8.68. The Morgan fingerprint density at radius 3 is 1.90 bits per heavy atom. The van der Waals surface area contributed by atoms with Gasteiger partial charge in [-0.25, -0.2) is 0 Å². The SMILES string of the molecule is c1ccc(-n2ccc3c4c5ccccc5n(-c5cccc(-c6ccc7cc8ccccc8cc7c6)c5)c4ccc32)cc1. The summed E-state index contributed by atoms with van der Waals surface area (Å²) >= 11 is 0. The molecule has 196 valence electrons. The van der Waals surface area contributed by atoms with Crippen LogP contribution in [-0.2, 0) is 0 Å². The molecule has 0 atom stereocenters. The lowest BCUT2D eigenvalue weighted by Crippen LogP contribution is -1.95. The summed E-state index contributed by atoms with van der Waals surface area (Å²) in [5.41, 5.74) is 8.43. The van der Waals surface area contributed by atoms with Crippen molar-refractivity contribution in [3.05, 3.63) is 158 Å². The highest BCUT2D eigenvalue weighted by molar-refractivity contribution is 6.21. The van der Waals surface area contributed by atoms with E-state index in [1.165, 1.54) is 76.8 Å². The minimum Gasteiger partial charge on any atom is -0.317 e. The molecule has 9 aromatic rings. The fraction of sp³-hybridized carbons (Fsp3) is 0. The van der Waals surface area contributed by atoms with Crippen molar-refractivity contribution >= 4 is 54.3 Å². The smallest absolute Gasteiger partial charge is 0.0548 e. The lowest BCUT2D eigenvalue weighted by molar-refractivity contribution is 1.13. The molecule has 0 saturated heterocycles. The number of hydrogen-bond acceptors (Lipinski definition) is 0. The predicted octanol–water partition coefficient (Wildman–Crippen LogP) is 10.7. The number of fused-ring (bicyclic) bond motifs is 7. The van der Waals surface area contributed by atoms with E-state index in [1.807, 2.05) is 0 Å². The highest BCUT2D eigenvalue weighted by atomic mass is 15.0.